The van der Waals surface area contributed by atoms with Gasteiger partial charge >= 0.3 is 5.97 Å². The van der Waals surface area contributed by atoms with Crippen LogP contribution in [-0.2, 0) is 19.5 Å². The topological polar surface area (TPSA) is 95.7 Å². The Kier molecular flexibility index (Phi) is 5.92. The highest BCUT2D eigenvalue weighted by atomic mass is 32.2. The van der Waals surface area contributed by atoms with Gasteiger partial charge in [-0.2, -0.15) is 0 Å². The lowest BCUT2D eigenvalue weighted by molar-refractivity contribution is 0.0318. The number of nitrogens with two attached hydrogens (primary N) is 1. The SMILES string of the molecule is CCCOCCOC(=O)c1csc(S(N)(=O)=O)c1C. The molecule has 2 N–H and O–H groups in total. The minimum Gasteiger partial charge on any atom is -0.460 e. The van der Waals surface area contributed by atoms with E-state index in [-0.39, 0.29) is 16.4 Å². The Hall–Kier alpha value is -0.960. The summed E-state index contributed by atoms with van der Waals surface area (Å²) in [6.45, 7) is 4.59. The average molecular weight is 307 g/mol. The molecule has 0 spiro atoms. The molecule has 0 amide bonds. The van der Waals surface area contributed by atoms with Gasteiger partial charge in [-0.1, -0.05) is 6.92 Å². The summed E-state index contributed by atoms with van der Waals surface area (Å²) in [5.74, 6) is -0.566. The van der Waals surface area contributed by atoms with Crippen molar-refractivity contribution >= 4 is 27.3 Å². The summed E-state index contributed by atoms with van der Waals surface area (Å²) in [4.78, 5) is 11.7. The molecule has 0 saturated heterocycles. The first kappa shape index (κ1) is 16.1. The summed E-state index contributed by atoms with van der Waals surface area (Å²) in [6.07, 6.45) is 0.898. The van der Waals surface area contributed by atoms with E-state index in [1.165, 1.54) is 12.3 Å². The molecule has 0 aliphatic heterocycles. The van der Waals surface area contributed by atoms with Crippen molar-refractivity contribution in [2.45, 2.75) is 24.5 Å². The summed E-state index contributed by atoms with van der Waals surface area (Å²) < 4.78 is 32.6. The zero-order valence-electron chi connectivity index (χ0n) is 10.8. The van der Waals surface area contributed by atoms with Crippen molar-refractivity contribution < 1.29 is 22.7 Å². The van der Waals surface area contributed by atoms with Crippen LogP contribution in [0.1, 0.15) is 29.3 Å². The number of primary sulfonamides is 1. The first-order valence-corrected chi connectivity index (χ1v) is 8.16. The largest absolute Gasteiger partial charge is 0.460 e. The lowest BCUT2D eigenvalue weighted by Gasteiger charge is -2.05. The van der Waals surface area contributed by atoms with Crippen molar-refractivity contribution in [3.8, 4) is 0 Å². The van der Waals surface area contributed by atoms with E-state index in [0.717, 1.165) is 17.8 Å². The van der Waals surface area contributed by atoms with E-state index in [0.29, 0.717) is 18.8 Å². The van der Waals surface area contributed by atoms with E-state index in [1.807, 2.05) is 6.92 Å². The van der Waals surface area contributed by atoms with E-state index in [4.69, 9.17) is 14.6 Å². The van der Waals surface area contributed by atoms with Gasteiger partial charge in [0, 0.05) is 12.0 Å². The molecule has 0 atom stereocenters. The van der Waals surface area contributed by atoms with Gasteiger partial charge in [-0.05, 0) is 18.9 Å². The monoisotopic (exact) mass is 307 g/mol. The van der Waals surface area contributed by atoms with Gasteiger partial charge in [-0.25, -0.2) is 18.4 Å². The number of hydrogen-bond donors (Lipinski definition) is 1. The fourth-order valence-corrected chi connectivity index (χ4v) is 3.40. The molecule has 0 unspecified atom stereocenters. The third-order valence-electron chi connectivity index (χ3n) is 2.28. The van der Waals surface area contributed by atoms with Crippen LogP contribution in [0, 0.1) is 6.92 Å². The number of esters is 1. The molecule has 8 heteroatoms. The molecule has 1 heterocycles. The molecule has 0 saturated carbocycles. The van der Waals surface area contributed by atoms with E-state index < -0.39 is 16.0 Å². The molecule has 1 rings (SSSR count). The van der Waals surface area contributed by atoms with Gasteiger partial charge in [0.2, 0.25) is 10.0 Å². The molecule has 0 aliphatic rings. The fourth-order valence-electron chi connectivity index (χ4n) is 1.40. The highest BCUT2D eigenvalue weighted by molar-refractivity contribution is 7.91. The van der Waals surface area contributed by atoms with Gasteiger partial charge in [-0.3, -0.25) is 0 Å². The minimum atomic E-state index is -3.79. The molecule has 0 radical (unpaired) electrons. The van der Waals surface area contributed by atoms with Crippen LogP contribution >= 0.6 is 11.3 Å². The summed E-state index contributed by atoms with van der Waals surface area (Å²) in [5, 5.41) is 6.47. The van der Waals surface area contributed by atoms with Gasteiger partial charge in [0.05, 0.1) is 12.2 Å². The predicted octanol–water partition coefficient (Wildman–Crippen LogP) is 1.29. The molecule has 1 aromatic rings. The first-order chi connectivity index (χ1) is 8.88. The number of thiophene rings is 1. The van der Waals surface area contributed by atoms with Gasteiger partial charge in [-0.15, -0.1) is 11.3 Å². The zero-order valence-corrected chi connectivity index (χ0v) is 12.5. The standard InChI is InChI=1S/C11H17NO5S2/c1-3-4-16-5-6-17-10(13)9-7-18-11(8(9)2)19(12,14)15/h7H,3-6H2,1-2H3,(H2,12,14,15). The summed E-state index contributed by atoms with van der Waals surface area (Å²) in [5.41, 5.74) is 0.552. The van der Waals surface area contributed by atoms with Gasteiger partial charge in [0.25, 0.3) is 0 Å². The lowest BCUT2D eigenvalue weighted by atomic mass is 10.2. The third kappa shape index (κ3) is 4.57. The number of ether oxygens (including phenoxy) is 2. The van der Waals surface area contributed by atoms with E-state index in [9.17, 15) is 13.2 Å². The number of hydrogen-bond acceptors (Lipinski definition) is 6. The van der Waals surface area contributed by atoms with Crippen molar-refractivity contribution in [1.29, 1.82) is 0 Å². The molecule has 0 fully saturated rings. The molecule has 19 heavy (non-hydrogen) atoms. The highest BCUT2D eigenvalue weighted by Gasteiger charge is 2.21. The second kappa shape index (κ2) is 6.99. The van der Waals surface area contributed by atoms with Crippen LogP contribution < -0.4 is 5.14 Å². The second-order valence-electron chi connectivity index (χ2n) is 3.86. The minimum absolute atomic E-state index is 0.0123. The Morgan fingerprint density at radius 3 is 2.58 bits per heavy atom. The van der Waals surface area contributed by atoms with Gasteiger partial charge in [0.1, 0.15) is 10.8 Å². The van der Waals surface area contributed by atoms with Gasteiger partial charge < -0.3 is 9.47 Å². The van der Waals surface area contributed by atoms with Crippen LogP contribution in [0.3, 0.4) is 0 Å². The molecule has 6 nitrogen and oxygen atoms in total. The molecule has 0 aliphatic carbocycles. The van der Waals surface area contributed by atoms with Crippen molar-refractivity contribution in [2.24, 2.45) is 5.14 Å². The summed E-state index contributed by atoms with van der Waals surface area (Å²) in [7, 11) is -3.79. The normalized spacial score (nSPS) is 11.5. The number of rotatable bonds is 7. The Balaban J connectivity index is 2.61. The smallest absolute Gasteiger partial charge is 0.339 e. The van der Waals surface area contributed by atoms with Gasteiger partial charge in [0.15, 0.2) is 0 Å². The molecular weight excluding hydrogens is 290 g/mol. The molecule has 108 valence electrons. The Morgan fingerprint density at radius 1 is 1.37 bits per heavy atom. The zero-order chi connectivity index (χ0) is 14.5. The fraction of sp³-hybridized carbons (Fsp3) is 0.545. The van der Waals surface area contributed by atoms with E-state index >= 15 is 0 Å². The average Bonchev–Trinajstić information content (AvgIpc) is 2.70. The van der Waals surface area contributed by atoms with Crippen molar-refractivity contribution in [2.75, 3.05) is 19.8 Å². The molecule has 1 aromatic heterocycles. The van der Waals surface area contributed by atoms with Crippen molar-refractivity contribution in [1.82, 2.24) is 0 Å². The Bertz CT molecular complexity index is 535. The maximum Gasteiger partial charge on any atom is 0.339 e. The Labute approximate surface area is 116 Å². The second-order valence-corrected chi connectivity index (χ2v) is 6.49. The molecule has 0 aromatic carbocycles. The van der Waals surface area contributed by atoms with Crippen molar-refractivity contribution in [3.63, 3.8) is 0 Å². The van der Waals surface area contributed by atoms with Crippen LogP contribution in [0.25, 0.3) is 0 Å². The molecule has 0 bridgehead atoms. The third-order valence-corrected chi connectivity index (χ3v) is 4.96. The molecular formula is C11H17NO5S2. The summed E-state index contributed by atoms with van der Waals surface area (Å²) >= 11 is 0.914. The quantitative estimate of drug-likeness (QED) is 0.605. The maximum absolute atomic E-state index is 11.7. The van der Waals surface area contributed by atoms with E-state index in [1.54, 1.807) is 0 Å². The van der Waals surface area contributed by atoms with Crippen LogP contribution in [0.5, 0.6) is 0 Å². The number of sulfonamides is 1. The first-order valence-electron chi connectivity index (χ1n) is 5.73. The van der Waals surface area contributed by atoms with Crippen LogP contribution in [-0.4, -0.2) is 34.2 Å². The van der Waals surface area contributed by atoms with Crippen LogP contribution in [0.2, 0.25) is 0 Å². The Morgan fingerprint density at radius 2 is 2.05 bits per heavy atom. The maximum atomic E-state index is 11.7. The number of carbonyl (C=O) groups is 1. The van der Waals surface area contributed by atoms with E-state index in [2.05, 4.69) is 0 Å². The van der Waals surface area contributed by atoms with Crippen LogP contribution in [0.4, 0.5) is 0 Å². The summed E-state index contributed by atoms with van der Waals surface area (Å²) in [6, 6.07) is 0. The highest BCUT2D eigenvalue weighted by Crippen LogP contribution is 2.25. The van der Waals surface area contributed by atoms with Crippen molar-refractivity contribution in [3.05, 3.63) is 16.5 Å². The number of carbonyl (C=O) groups excluding carboxylic acids is 1. The van der Waals surface area contributed by atoms with Crippen LogP contribution in [0.15, 0.2) is 9.59 Å². The lowest BCUT2D eigenvalue weighted by Crippen LogP contribution is -2.14. The predicted molar refractivity (Wildman–Crippen MR) is 71.8 cm³/mol.